The van der Waals surface area contributed by atoms with E-state index < -0.39 is 72.2 Å². The van der Waals surface area contributed by atoms with E-state index in [0.717, 1.165) is 36.0 Å². The second-order valence-electron chi connectivity index (χ2n) is 17.1. The zero-order valence-electron chi connectivity index (χ0n) is 40.9. The molecule has 16 heteroatoms. The molecule has 0 saturated heterocycles. The van der Waals surface area contributed by atoms with Crippen LogP contribution in [-0.2, 0) is 86.9 Å². The van der Waals surface area contributed by atoms with Crippen LogP contribution in [0.5, 0.6) is 0 Å². The number of hydrogen-bond acceptors (Lipinski definition) is 12. The molecule has 0 aliphatic carbocycles. The molecule has 0 aromatic heterocycles. The third-order valence-corrected chi connectivity index (χ3v) is 11.3. The molecule has 4 amide bonds. The minimum Gasteiger partial charge on any atom is -0.459 e. The van der Waals surface area contributed by atoms with Crippen LogP contribution in [0.1, 0.15) is 86.3 Å². The van der Waals surface area contributed by atoms with Crippen molar-refractivity contribution in [2.45, 2.75) is 122 Å². The van der Waals surface area contributed by atoms with E-state index in [0.29, 0.717) is 16.7 Å². The Kier molecular flexibility index (Phi) is 22.8. The van der Waals surface area contributed by atoms with Crippen LogP contribution in [0.4, 0.5) is 9.59 Å². The van der Waals surface area contributed by atoms with Gasteiger partial charge in [-0.25, -0.2) is 24.0 Å². The molecule has 0 bridgehead atoms. The van der Waals surface area contributed by atoms with Gasteiger partial charge in [0.1, 0.15) is 50.7 Å². The Balaban J connectivity index is 1.29. The molecule has 16 nitrogen and oxygen atoms in total. The predicted molar refractivity (Wildman–Crippen MR) is 267 cm³/mol. The fourth-order valence-electron chi connectivity index (χ4n) is 7.22. The van der Waals surface area contributed by atoms with Crippen molar-refractivity contribution in [3.8, 4) is 0 Å². The van der Waals surface area contributed by atoms with Crippen LogP contribution < -0.4 is 21.3 Å². The highest BCUT2D eigenvalue weighted by Crippen LogP contribution is 2.14. The molecule has 72 heavy (non-hydrogen) atoms. The number of carbonyl (C=O) groups excluding carboxylic acids is 7. The Bertz CT molecular complexity index is 2480. The second kappa shape index (κ2) is 29.9. The zero-order chi connectivity index (χ0) is 51.5. The van der Waals surface area contributed by atoms with E-state index in [-0.39, 0.29) is 52.1 Å². The zero-order valence-corrected chi connectivity index (χ0v) is 40.9. The van der Waals surface area contributed by atoms with E-state index >= 15 is 0 Å². The van der Waals surface area contributed by atoms with Crippen molar-refractivity contribution in [2.75, 3.05) is 0 Å². The van der Waals surface area contributed by atoms with Crippen molar-refractivity contribution in [1.82, 2.24) is 21.3 Å². The smallest absolute Gasteiger partial charge is 0.408 e. The number of carbonyl (C=O) groups is 7. The fraction of sp³-hybridized carbons (Fsp3) is 0.339. The topological polar surface area (TPSA) is 214 Å². The summed E-state index contributed by atoms with van der Waals surface area (Å²) < 4.78 is 27.6. The monoisotopic (exact) mass is 984 g/mol. The molecule has 0 aliphatic heterocycles. The van der Waals surface area contributed by atoms with Crippen LogP contribution in [-0.4, -0.2) is 72.2 Å². The van der Waals surface area contributed by atoms with Crippen LogP contribution in [0.25, 0.3) is 0 Å². The Morgan fingerprint density at radius 1 is 0.444 bits per heavy atom. The molecule has 5 aromatic rings. The first kappa shape index (κ1) is 54.9. The Hall–Kier alpha value is -8.01. The average molecular weight is 985 g/mol. The van der Waals surface area contributed by atoms with Crippen molar-refractivity contribution >= 4 is 41.9 Å². The molecule has 0 saturated carbocycles. The van der Waals surface area contributed by atoms with E-state index in [2.05, 4.69) is 28.2 Å². The van der Waals surface area contributed by atoms with Crippen LogP contribution in [0.2, 0.25) is 0 Å². The summed E-state index contributed by atoms with van der Waals surface area (Å²) in [5, 5.41) is 10.3. The van der Waals surface area contributed by atoms with Gasteiger partial charge in [-0.1, -0.05) is 159 Å². The number of amides is 4. The second-order valence-corrected chi connectivity index (χ2v) is 17.1. The van der Waals surface area contributed by atoms with Crippen molar-refractivity contribution in [3.05, 3.63) is 179 Å². The van der Waals surface area contributed by atoms with Crippen LogP contribution in [0.3, 0.4) is 0 Å². The summed E-state index contributed by atoms with van der Waals surface area (Å²) in [5.41, 5.74) is 4.68. The van der Waals surface area contributed by atoms with Crippen LogP contribution in [0, 0.1) is 0 Å². The molecule has 0 radical (unpaired) electrons. The fourth-order valence-corrected chi connectivity index (χ4v) is 7.22. The molecule has 5 atom stereocenters. The highest BCUT2D eigenvalue weighted by Gasteiger charge is 2.34. The number of nitrogens with one attached hydrogen (secondary N) is 4. The number of alkyl carbamates (subject to hydrolysis) is 2. The number of rotatable bonds is 27. The molecule has 0 aliphatic rings. The molecule has 5 aromatic carbocycles. The lowest BCUT2D eigenvalue weighted by Gasteiger charge is -2.26. The maximum Gasteiger partial charge on any atom is 0.408 e. The SMILES string of the molecule is CCCCc1ccc(CC(=O)NC(C(=O)OCc2ccccc2)C(C)OC(=O)N[C@H](CCCC(NC(=O)OCc2ccccc2)C(=O)OCc2ccccc2)C(=O)N[C@H](C)C(=O)OCc2ccccc2)cc1. The number of unbranched alkanes of at least 4 members (excludes halogenated alkanes) is 1. The largest absolute Gasteiger partial charge is 0.459 e. The van der Waals surface area contributed by atoms with Gasteiger partial charge in [-0.05, 0) is 79.3 Å². The highest BCUT2D eigenvalue weighted by molar-refractivity contribution is 5.90. The van der Waals surface area contributed by atoms with E-state index in [1.165, 1.54) is 13.8 Å². The first-order chi connectivity index (χ1) is 34.9. The standard InChI is InChI=1S/C56H64N4O12/c1-4-5-19-41-30-32-42(33-31-41)34-49(61)60-50(54(65)70-37-45-24-14-8-15-25-45)40(3)72-56(67)58-47(51(62)57-39(2)52(63)68-35-43-20-10-6-11-21-43)28-18-29-48(53(64)69-36-44-22-12-7-13-23-44)59-55(66)71-38-46-26-16-9-17-27-46/h6-17,20-27,30-33,39-40,47-48,50H,4-5,18-19,28-29,34-38H2,1-3H3,(H,57,62)(H,58,67)(H,59,66)(H,60,61)/t39-,40?,47-,48?,50?/m1/s1. The third-order valence-electron chi connectivity index (χ3n) is 11.3. The van der Waals surface area contributed by atoms with Crippen molar-refractivity contribution in [1.29, 1.82) is 0 Å². The summed E-state index contributed by atoms with van der Waals surface area (Å²) in [7, 11) is 0. The first-order valence-corrected chi connectivity index (χ1v) is 24.1. The van der Waals surface area contributed by atoms with Gasteiger partial charge in [0.2, 0.25) is 11.8 Å². The third kappa shape index (κ3) is 19.8. The van der Waals surface area contributed by atoms with Crippen molar-refractivity contribution < 1.29 is 57.2 Å². The minimum atomic E-state index is -1.47. The van der Waals surface area contributed by atoms with Crippen LogP contribution >= 0.6 is 0 Å². The van der Waals surface area contributed by atoms with Gasteiger partial charge in [0.15, 0.2) is 6.04 Å². The summed E-state index contributed by atoms with van der Waals surface area (Å²) in [6, 6.07) is 38.0. The Morgan fingerprint density at radius 3 is 1.40 bits per heavy atom. The molecule has 4 N–H and O–H groups in total. The summed E-state index contributed by atoms with van der Waals surface area (Å²) in [6.07, 6.45) is -0.679. The van der Waals surface area contributed by atoms with Gasteiger partial charge in [0, 0.05) is 0 Å². The number of hydrogen-bond donors (Lipinski definition) is 4. The molecule has 380 valence electrons. The van der Waals surface area contributed by atoms with E-state index in [1.54, 1.807) is 97.1 Å². The van der Waals surface area contributed by atoms with Gasteiger partial charge in [-0.3, -0.25) is 9.59 Å². The lowest BCUT2D eigenvalue weighted by Crippen LogP contribution is -2.54. The lowest BCUT2D eigenvalue weighted by atomic mass is 10.0. The van der Waals surface area contributed by atoms with E-state index in [1.807, 2.05) is 48.5 Å². The average Bonchev–Trinajstić information content (AvgIpc) is 3.40. The van der Waals surface area contributed by atoms with Crippen LogP contribution in [0.15, 0.2) is 146 Å². The summed E-state index contributed by atoms with van der Waals surface area (Å²) in [6.45, 7) is 4.59. The summed E-state index contributed by atoms with van der Waals surface area (Å²) in [5.74, 6) is -3.74. The summed E-state index contributed by atoms with van der Waals surface area (Å²) in [4.78, 5) is 94.5. The lowest BCUT2D eigenvalue weighted by molar-refractivity contribution is -0.152. The molecular formula is C56H64N4O12. The summed E-state index contributed by atoms with van der Waals surface area (Å²) >= 11 is 0. The minimum absolute atomic E-state index is 0.0227. The van der Waals surface area contributed by atoms with E-state index in [9.17, 15) is 33.6 Å². The predicted octanol–water partition coefficient (Wildman–Crippen LogP) is 7.74. The highest BCUT2D eigenvalue weighted by atomic mass is 16.6. The van der Waals surface area contributed by atoms with Crippen molar-refractivity contribution in [3.63, 3.8) is 0 Å². The van der Waals surface area contributed by atoms with Gasteiger partial charge < -0.3 is 45.0 Å². The maximum absolute atomic E-state index is 14.0. The number of benzene rings is 5. The number of aryl methyl sites for hydroxylation is 1. The van der Waals surface area contributed by atoms with Gasteiger partial charge in [-0.2, -0.15) is 0 Å². The first-order valence-electron chi connectivity index (χ1n) is 24.1. The normalized spacial score (nSPS) is 12.8. The Labute approximate surface area is 420 Å². The maximum atomic E-state index is 14.0. The van der Waals surface area contributed by atoms with Crippen molar-refractivity contribution in [2.24, 2.45) is 0 Å². The van der Waals surface area contributed by atoms with Gasteiger partial charge in [-0.15, -0.1) is 0 Å². The molecule has 0 heterocycles. The van der Waals surface area contributed by atoms with E-state index in [4.69, 9.17) is 23.7 Å². The van der Waals surface area contributed by atoms with Gasteiger partial charge >= 0.3 is 30.1 Å². The number of ether oxygens (including phenoxy) is 5. The van der Waals surface area contributed by atoms with Gasteiger partial charge in [0.05, 0.1) is 6.42 Å². The Morgan fingerprint density at radius 2 is 0.889 bits per heavy atom. The molecular weight excluding hydrogens is 921 g/mol. The number of esters is 3. The molecule has 5 rings (SSSR count). The van der Waals surface area contributed by atoms with Gasteiger partial charge in [0.25, 0.3) is 0 Å². The molecule has 3 unspecified atom stereocenters. The molecule has 0 spiro atoms. The molecule has 0 fully saturated rings. The quantitative estimate of drug-likeness (QED) is 0.0294.